The van der Waals surface area contributed by atoms with Gasteiger partial charge in [-0.2, -0.15) is 0 Å². The Balaban J connectivity index is 4.26. The highest BCUT2D eigenvalue weighted by Gasteiger charge is 2.13. The minimum Gasteiger partial charge on any atom is -0.480 e. The molecule has 0 unspecified atom stereocenters. The molecule has 0 saturated carbocycles. The van der Waals surface area contributed by atoms with Crippen LogP contribution in [-0.2, 0) is 14.3 Å². The first-order valence-electron chi connectivity index (χ1n) is 4.30. The third-order valence-corrected chi connectivity index (χ3v) is 1.96. The highest BCUT2D eigenvalue weighted by molar-refractivity contribution is 8.01. The first-order chi connectivity index (χ1) is 7.11. The zero-order valence-corrected chi connectivity index (χ0v) is 9.62. The molecule has 0 bridgehead atoms. The highest BCUT2D eigenvalue weighted by atomic mass is 32.2. The third-order valence-electron chi connectivity index (χ3n) is 1.55. The fourth-order valence-corrected chi connectivity index (χ4v) is 1.12. The Kier molecular flexibility index (Phi) is 7.75. The van der Waals surface area contributed by atoms with E-state index >= 15 is 0 Å². The number of amides is 1. The van der Waals surface area contributed by atoms with Gasteiger partial charge in [0.25, 0.3) is 0 Å². The molecule has 1 amide bonds. The molecule has 0 rings (SSSR count). The lowest BCUT2D eigenvalue weighted by atomic mass is 10.4. The number of ether oxygens (including phenoxy) is 1. The van der Waals surface area contributed by atoms with Crippen LogP contribution in [-0.4, -0.2) is 54.9 Å². The summed E-state index contributed by atoms with van der Waals surface area (Å²) in [5.41, 5.74) is 0. The molecule has 0 aliphatic rings. The minimum atomic E-state index is -1.03. The maximum Gasteiger partial charge on any atom is 0.323 e. The zero-order valence-electron chi connectivity index (χ0n) is 8.80. The lowest BCUT2D eigenvalue weighted by Crippen LogP contribution is -2.36. The van der Waals surface area contributed by atoms with E-state index in [0.29, 0.717) is 6.61 Å². The third kappa shape index (κ3) is 6.98. The Labute approximate surface area is 93.1 Å². The van der Waals surface area contributed by atoms with E-state index in [1.54, 1.807) is 5.41 Å². The van der Waals surface area contributed by atoms with Crippen molar-refractivity contribution in [1.82, 2.24) is 4.90 Å². The molecule has 6 heteroatoms. The van der Waals surface area contributed by atoms with E-state index in [9.17, 15) is 9.59 Å². The van der Waals surface area contributed by atoms with E-state index in [0.717, 1.165) is 0 Å². The van der Waals surface area contributed by atoms with E-state index in [-0.39, 0.29) is 19.0 Å². The van der Waals surface area contributed by atoms with Gasteiger partial charge in [-0.15, -0.1) is 11.8 Å². The van der Waals surface area contributed by atoms with Crippen LogP contribution in [0.25, 0.3) is 0 Å². The molecule has 0 radical (unpaired) electrons. The number of carbonyl (C=O) groups is 2. The van der Waals surface area contributed by atoms with Crippen molar-refractivity contribution in [1.29, 1.82) is 0 Å². The Morgan fingerprint density at radius 2 is 2.20 bits per heavy atom. The molecule has 0 aromatic rings. The summed E-state index contributed by atoms with van der Waals surface area (Å²) in [6.45, 7) is 0.299. The molecular formula is C9H15NO4S. The monoisotopic (exact) mass is 233 g/mol. The normalized spacial score (nSPS) is 10.5. The van der Waals surface area contributed by atoms with Crippen molar-refractivity contribution in [3.05, 3.63) is 11.5 Å². The van der Waals surface area contributed by atoms with E-state index < -0.39 is 5.97 Å². The zero-order chi connectivity index (χ0) is 11.7. The summed E-state index contributed by atoms with van der Waals surface area (Å²) in [6.07, 6.45) is 3.17. The number of hydrogen-bond donors (Lipinski definition) is 1. The van der Waals surface area contributed by atoms with Gasteiger partial charge in [-0.3, -0.25) is 9.59 Å². The van der Waals surface area contributed by atoms with Gasteiger partial charge in [0, 0.05) is 19.7 Å². The number of methoxy groups -OCH3 is 1. The summed E-state index contributed by atoms with van der Waals surface area (Å²) in [7, 11) is 1.50. The van der Waals surface area contributed by atoms with Crippen molar-refractivity contribution in [2.24, 2.45) is 0 Å². The minimum absolute atomic E-state index is 0.278. The molecule has 0 spiro atoms. The van der Waals surface area contributed by atoms with Gasteiger partial charge in [-0.05, 0) is 11.7 Å². The van der Waals surface area contributed by atoms with Crippen LogP contribution in [0.5, 0.6) is 0 Å². The Hall–Kier alpha value is -1.01. The van der Waals surface area contributed by atoms with E-state index in [1.807, 2.05) is 6.26 Å². The second-order valence-corrected chi connectivity index (χ2v) is 3.43. The van der Waals surface area contributed by atoms with Crippen molar-refractivity contribution in [3.8, 4) is 0 Å². The van der Waals surface area contributed by atoms with E-state index in [2.05, 4.69) is 0 Å². The SMILES string of the molecule is COCCN(CC(=O)O)C(=O)/C=C/SC. The molecule has 0 heterocycles. The average Bonchev–Trinajstić information content (AvgIpc) is 2.20. The second kappa shape index (κ2) is 8.31. The Morgan fingerprint density at radius 3 is 2.67 bits per heavy atom. The second-order valence-electron chi connectivity index (χ2n) is 2.68. The number of hydrogen-bond acceptors (Lipinski definition) is 4. The first kappa shape index (κ1) is 14.0. The van der Waals surface area contributed by atoms with Gasteiger partial charge in [0.1, 0.15) is 6.54 Å². The van der Waals surface area contributed by atoms with Crippen LogP contribution in [0, 0.1) is 0 Å². The quantitative estimate of drug-likeness (QED) is 0.646. The predicted molar refractivity (Wildman–Crippen MR) is 58.7 cm³/mol. The van der Waals surface area contributed by atoms with Crippen LogP contribution in [0.2, 0.25) is 0 Å². The van der Waals surface area contributed by atoms with E-state index in [4.69, 9.17) is 9.84 Å². The van der Waals surface area contributed by atoms with Crippen LogP contribution in [0.1, 0.15) is 0 Å². The van der Waals surface area contributed by atoms with E-state index in [1.165, 1.54) is 29.8 Å². The largest absolute Gasteiger partial charge is 0.480 e. The van der Waals surface area contributed by atoms with Crippen molar-refractivity contribution in [3.63, 3.8) is 0 Å². The van der Waals surface area contributed by atoms with Crippen molar-refractivity contribution in [2.45, 2.75) is 0 Å². The number of carboxylic acids is 1. The van der Waals surface area contributed by atoms with Gasteiger partial charge in [0.05, 0.1) is 6.61 Å². The Morgan fingerprint density at radius 1 is 1.53 bits per heavy atom. The number of rotatable bonds is 7. The molecule has 0 aliphatic carbocycles. The number of thioether (sulfide) groups is 1. The van der Waals surface area contributed by atoms with Crippen LogP contribution in [0.15, 0.2) is 11.5 Å². The van der Waals surface area contributed by atoms with Crippen molar-refractivity contribution < 1.29 is 19.4 Å². The van der Waals surface area contributed by atoms with Gasteiger partial charge in [-0.25, -0.2) is 0 Å². The molecule has 0 fully saturated rings. The summed E-state index contributed by atoms with van der Waals surface area (Å²) in [6, 6.07) is 0. The van der Waals surface area contributed by atoms with Gasteiger partial charge in [0.2, 0.25) is 5.91 Å². The van der Waals surface area contributed by atoms with Gasteiger partial charge in [-0.1, -0.05) is 0 Å². The molecule has 0 atom stereocenters. The van der Waals surface area contributed by atoms with Gasteiger partial charge in [0.15, 0.2) is 0 Å². The van der Waals surface area contributed by atoms with Gasteiger partial charge < -0.3 is 14.7 Å². The summed E-state index contributed by atoms with van der Waals surface area (Å²) in [5, 5.41) is 10.2. The number of carboxylic acid groups (broad SMARTS) is 1. The molecular weight excluding hydrogens is 218 g/mol. The summed E-state index contributed by atoms with van der Waals surface area (Å²) in [5.74, 6) is -1.35. The summed E-state index contributed by atoms with van der Waals surface area (Å²) < 4.78 is 4.79. The maximum absolute atomic E-state index is 11.5. The summed E-state index contributed by atoms with van der Waals surface area (Å²) >= 11 is 1.38. The van der Waals surface area contributed by atoms with Crippen LogP contribution in [0.3, 0.4) is 0 Å². The molecule has 5 nitrogen and oxygen atoms in total. The maximum atomic E-state index is 11.5. The first-order valence-corrected chi connectivity index (χ1v) is 5.59. The predicted octanol–water partition coefficient (Wildman–Crippen LogP) is 0.423. The smallest absolute Gasteiger partial charge is 0.323 e. The standard InChI is InChI=1S/C9H15NO4S/c1-14-5-4-10(7-9(12)13)8(11)3-6-15-2/h3,6H,4-5,7H2,1-2H3,(H,12,13)/b6-3+. The molecule has 15 heavy (non-hydrogen) atoms. The lowest BCUT2D eigenvalue weighted by molar-refractivity contribution is -0.143. The lowest BCUT2D eigenvalue weighted by Gasteiger charge is -2.18. The van der Waals surface area contributed by atoms with Crippen LogP contribution in [0.4, 0.5) is 0 Å². The topological polar surface area (TPSA) is 66.8 Å². The molecule has 86 valence electrons. The molecule has 0 saturated heterocycles. The Bertz CT molecular complexity index is 242. The fraction of sp³-hybridized carbons (Fsp3) is 0.556. The molecule has 0 aromatic heterocycles. The van der Waals surface area contributed by atoms with Crippen LogP contribution < -0.4 is 0 Å². The van der Waals surface area contributed by atoms with Crippen LogP contribution >= 0.6 is 11.8 Å². The molecule has 1 N–H and O–H groups in total. The molecule has 0 aliphatic heterocycles. The van der Waals surface area contributed by atoms with Gasteiger partial charge >= 0.3 is 5.97 Å². The number of nitrogens with zero attached hydrogens (tertiary/aromatic N) is 1. The number of aliphatic carboxylic acids is 1. The molecule has 0 aromatic carbocycles. The number of carbonyl (C=O) groups excluding carboxylic acids is 1. The van der Waals surface area contributed by atoms with Crippen molar-refractivity contribution >= 4 is 23.6 Å². The highest BCUT2D eigenvalue weighted by Crippen LogP contribution is 1.97. The fourth-order valence-electron chi connectivity index (χ4n) is 0.864. The average molecular weight is 233 g/mol. The van der Waals surface area contributed by atoms with Crippen molar-refractivity contribution in [2.75, 3.05) is 33.1 Å². The summed E-state index contributed by atoms with van der Waals surface area (Å²) in [4.78, 5) is 23.2.